The molecule has 0 radical (unpaired) electrons. The van der Waals surface area contributed by atoms with Gasteiger partial charge in [0.1, 0.15) is 13.2 Å². The van der Waals surface area contributed by atoms with E-state index in [2.05, 4.69) is 130 Å². The van der Waals surface area contributed by atoms with Gasteiger partial charge in [0.25, 0.3) is 0 Å². The van der Waals surface area contributed by atoms with Gasteiger partial charge in [-0.3, -0.25) is 14.4 Å². The molecule has 0 fully saturated rings. The van der Waals surface area contributed by atoms with Crippen molar-refractivity contribution in [3.05, 3.63) is 109 Å². The summed E-state index contributed by atoms with van der Waals surface area (Å²) in [7, 11) is 0. The Balaban J connectivity index is 4.41. The van der Waals surface area contributed by atoms with Gasteiger partial charge in [-0.2, -0.15) is 0 Å². The first-order chi connectivity index (χ1) is 40.0. The summed E-state index contributed by atoms with van der Waals surface area (Å²) in [6.45, 7) is 6.44. The second-order valence-corrected chi connectivity index (χ2v) is 22.7. The Bertz CT molecular complexity index is 1620. The number of esters is 3. The van der Waals surface area contributed by atoms with E-state index < -0.39 is 6.10 Å². The molecular weight excluding hydrogens is 997 g/mol. The molecule has 0 aliphatic rings. The number of carbonyl (C=O) groups is 3. The molecule has 0 rings (SSSR count). The lowest BCUT2D eigenvalue weighted by molar-refractivity contribution is -0.167. The highest BCUT2D eigenvalue weighted by Gasteiger charge is 2.19. The van der Waals surface area contributed by atoms with Gasteiger partial charge in [-0.25, -0.2) is 0 Å². The largest absolute Gasteiger partial charge is 0.462 e. The van der Waals surface area contributed by atoms with Crippen molar-refractivity contribution in [2.45, 2.75) is 335 Å². The molecule has 0 aromatic carbocycles. The highest BCUT2D eigenvalue weighted by molar-refractivity contribution is 5.71. The Labute approximate surface area is 501 Å². The summed E-state index contributed by atoms with van der Waals surface area (Å²) in [6, 6.07) is 0. The highest BCUT2D eigenvalue weighted by Crippen LogP contribution is 2.17. The molecular formula is C75H128O6. The molecule has 0 bridgehead atoms. The van der Waals surface area contributed by atoms with Gasteiger partial charge in [0.05, 0.1) is 0 Å². The van der Waals surface area contributed by atoms with Crippen LogP contribution in [0, 0.1) is 0 Å². The van der Waals surface area contributed by atoms with Crippen molar-refractivity contribution in [2.75, 3.05) is 13.2 Å². The molecule has 0 amide bonds. The van der Waals surface area contributed by atoms with Gasteiger partial charge in [0, 0.05) is 19.3 Å². The summed E-state index contributed by atoms with van der Waals surface area (Å²) in [5.41, 5.74) is 0. The molecule has 0 heterocycles. The molecule has 0 saturated carbocycles. The van der Waals surface area contributed by atoms with Gasteiger partial charge >= 0.3 is 17.9 Å². The first-order valence-electron chi connectivity index (χ1n) is 34.4. The topological polar surface area (TPSA) is 78.9 Å². The summed E-state index contributed by atoms with van der Waals surface area (Å²) in [6.07, 6.45) is 93.8. The van der Waals surface area contributed by atoms with Crippen LogP contribution in [-0.2, 0) is 28.6 Å². The van der Waals surface area contributed by atoms with Crippen molar-refractivity contribution in [3.8, 4) is 0 Å². The number of hydrogen-bond donors (Lipinski definition) is 0. The van der Waals surface area contributed by atoms with E-state index >= 15 is 0 Å². The first kappa shape index (κ1) is 77.1. The third-order valence-corrected chi connectivity index (χ3v) is 14.8. The number of rotatable bonds is 62. The summed E-state index contributed by atoms with van der Waals surface area (Å²) >= 11 is 0. The van der Waals surface area contributed by atoms with Crippen molar-refractivity contribution in [3.63, 3.8) is 0 Å². The molecule has 81 heavy (non-hydrogen) atoms. The Morgan fingerprint density at radius 1 is 0.259 bits per heavy atom. The average molecular weight is 1130 g/mol. The molecule has 0 spiro atoms. The van der Waals surface area contributed by atoms with E-state index in [0.29, 0.717) is 19.3 Å². The van der Waals surface area contributed by atoms with Gasteiger partial charge in [-0.15, -0.1) is 0 Å². The van der Waals surface area contributed by atoms with E-state index in [1.165, 1.54) is 154 Å². The molecule has 6 heteroatoms. The van der Waals surface area contributed by atoms with Crippen LogP contribution in [0.15, 0.2) is 109 Å². The van der Waals surface area contributed by atoms with Crippen LogP contribution in [0.2, 0.25) is 0 Å². The molecule has 1 unspecified atom stereocenters. The highest BCUT2D eigenvalue weighted by atomic mass is 16.6. The van der Waals surface area contributed by atoms with E-state index in [0.717, 1.165) is 135 Å². The van der Waals surface area contributed by atoms with Crippen LogP contribution in [0.3, 0.4) is 0 Å². The van der Waals surface area contributed by atoms with Gasteiger partial charge < -0.3 is 14.2 Å². The molecule has 464 valence electrons. The van der Waals surface area contributed by atoms with Gasteiger partial charge in [-0.05, 0) is 103 Å². The van der Waals surface area contributed by atoms with Crippen LogP contribution in [0.1, 0.15) is 329 Å². The average Bonchev–Trinajstić information content (AvgIpc) is 3.47. The predicted octanol–water partition coefficient (Wildman–Crippen LogP) is 23.8. The van der Waals surface area contributed by atoms with Crippen molar-refractivity contribution in [1.29, 1.82) is 0 Å². The van der Waals surface area contributed by atoms with E-state index in [1.54, 1.807) is 0 Å². The SMILES string of the molecule is CC/C=C\C/C=C\C/C=C\C/C=C\C/C=C\CCCCCCCC(=O)OC(COC(=O)CCCCCCCCCCCC/C=C\C/C=C\C/C=C\C/C=C\CC)COC(=O)CCCCCCCCCCCCCCCCCCCCC. The number of hydrogen-bond acceptors (Lipinski definition) is 6. The van der Waals surface area contributed by atoms with Crippen LogP contribution >= 0.6 is 0 Å². The van der Waals surface area contributed by atoms with Crippen molar-refractivity contribution >= 4 is 17.9 Å². The predicted molar refractivity (Wildman–Crippen MR) is 353 cm³/mol. The second kappa shape index (κ2) is 68.6. The molecule has 0 aromatic heterocycles. The Hall–Kier alpha value is -3.93. The van der Waals surface area contributed by atoms with Crippen LogP contribution in [0.25, 0.3) is 0 Å². The minimum Gasteiger partial charge on any atom is -0.462 e. The zero-order valence-electron chi connectivity index (χ0n) is 53.3. The van der Waals surface area contributed by atoms with E-state index in [4.69, 9.17) is 14.2 Å². The van der Waals surface area contributed by atoms with Crippen molar-refractivity contribution in [1.82, 2.24) is 0 Å². The molecule has 6 nitrogen and oxygen atoms in total. The quantitative estimate of drug-likeness (QED) is 0.0261. The number of unbranched alkanes of at least 4 members (excludes halogenated alkanes) is 33. The lowest BCUT2D eigenvalue weighted by atomic mass is 10.0. The lowest BCUT2D eigenvalue weighted by Gasteiger charge is -2.18. The molecule has 0 N–H and O–H groups in total. The maximum Gasteiger partial charge on any atom is 0.306 e. The van der Waals surface area contributed by atoms with E-state index in [1.807, 2.05) is 0 Å². The van der Waals surface area contributed by atoms with Crippen LogP contribution in [0.5, 0.6) is 0 Å². The third-order valence-electron chi connectivity index (χ3n) is 14.8. The Morgan fingerprint density at radius 2 is 0.481 bits per heavy atom. The molecule has 0 aliphatic carbocycles. The molecule has 0 saturated heterocycles. The summed E-state index contributed by atoms with van der Waals surface area (Å²) in [5.74, 6) is -0.894. The standard InChI is InChI=1S/C75H128O6/c1-4-7-10-13-16-19-22-25-28-31-34-36-37-39-41-44-47-50-53-56-59-62-65-68-74(77)80-71-72(70-79-73(76)67-64-61-58-55-52-49-46-43-40-33-30-27-24-21-18-15-12-9-6-3)81-75(78)69-66-63-60-57-54-51-48-45-42-38-35-32-29-26-23-20-17-14-11-8-5-2/h7-8,10-11,16-17,19-20,25-26,28-29,34-36,38,45,48,72H,4-6,9,12-15,18,21-24,27,30-33,37,39-44,46-47,49-71H2,1-3H3/b10-7-,11-8-,19-16-,20-17-,28-25-,29-26-,36-34-,38-35-,48-45-. The fraction of sp³-hybridized carbons (Fsp3) is 0.720. The maximum atomic E-state index is 13.0. The van der Waals surface area contributed by atoms with Gasteiger partial charge in [0.2, 0.25) is 0 Å². The van der Waals surface area contributed by atoms with Crippen LogP contribution < -0.4 is 0 Å². The Morgan fingerprint density at radius 3 is 0.753 bits per heavy atom. The molecule has 0 aliphatic heterocycles. The van der Waals surface area contributed by atoms with Crippen LogP contribution in [0.4, 0.5) is 0 Å². The minimum atomic E-state index is -0.793. The van der Waals surface area contributed by atoms with E-state index in [-0.39, 0.29) is 31.1 Å². The van der Waals surface area contributed by atoms with E-state index in [9.17, 15) is 14.4 Å². The maximum absolute atomic E-state index is 13.0. The summed E-state index contributed by atoms with van der Waals surface area (Å²) < 4.78 is 17.0. The zero-order valence-corrected chi connectivity index (χ0v) is 53.3. The monoisotopic (exact) mass is 1120 g/mol. The normalized spacial score (nSPS) is 12.8. The van der Waals surface area contributed by atoms with Crippen molar-refractivity contribution in [2.24, 2.45) is 0 Å². The van der Waals surface area contributed by atoms with Gasteiger partial charge in [0.15, 0.2) is 6.10 Å². The summed E-state index contributed by atoms with van der Waals surface area (Å²) in [4.78, 5) is 38.5. The number of ether oxygens (including phenoxy) is 3. The fourth-order valence-electron chi connectivity index (χ4n) is 9.70. The third kappa shape index (κ3) is 66.8. The smallest absolute Gasteiger partial charge is 0.306 e. The number of carbonyl (C=O) groups excluding carboxylic acids is 3. The Kier molecular flexibility index (Phi) is 65.2. The molecule has 0 aromatic rings. The fourth-order valence-corrected chi connectivity index (χ4v) is 9.70. The van der Waals surface area contributed by atoms with Gasteiger partial charge in [-0.1, -0.05) is 316 Å². The minimum absolute atomic E-state index is 0.0853. The first-order valence-corrected chi connectivity index (χ1v) is 34.4. The molecule has 1 atom stereocenters. The zero-order chi connectivity index (χ0) is 58.5. The number of allylic oxidation sites excluding steroid dienone is 18. The second-order valence-electron chi connectivity index (χ2n) is 22.7. The van der Waals surface area contributed by atoms with Crippen LogP contribution in [-0.4, -0.2) is 37.2 Å². The van der Waals surface area contributed by atoms with Crippen molar-refractivity contribution < 1.29 is 28.6 Å². The lowest BCUT2D eigenvalue weighted by Crippen LogP contribution is -2.30. The summed E-state index contributed by atoms with van der Waals surface area (Å²) in [5, 5.41) is 0.